The second kappa shape index (κ2) is 4.87. The van der Waals surface area contributed by atoms with Gasteiger partial charge in [0.05, 0.1) is 13.2 Å². The van der Waals surface area contributed by atoms with Gasteiger partial charge in [-0.15, -0.1) is 0 Å². The Hall–Kier alpha value is 0.1000. The molecule has 0 atom stereocenters. The van der Waals surface area contributed by atoms with E-state index in [1.54, 1.807) is 0 Å². The maximum atomic E-state index is 5.19. The van der Waals surface area contributed by atoms with Gasteiger partial charge >= 0.3 is 0 Å². The molecule has 1 saturated heterocycles. The fourth-order valence-corrected chi connectivity index (χ4v) is 1.04. The minimum atomic E-state index is 0.792. The minimum absolute atomic E-state index is 0.792. The van der Waals surface area contributed by atoms with Gasteiger partial charge in [0.2, 0.25) is 0 Å². The Morgan fingerprint density at radius 3 is 2.73 bits per heavy atom. The number of nitrogens with zero attached hydrogens (tertiary/aromatic N) is 1. The Bertz CT molecular complexity index is 134. The highest BCUT2D eigenvalue weighted by Crippen LogP contribution is 1.99. The fraction of sp³-hybridized carbons (Fsp3) is 0.714. The van der Waals surface area contributed by atoms with Crippen molar-refractivity contribution in [2.45, 2.75) is 0 Å². The quantitative estimate of drug-likeness (QED) is 0.760. The number of morpholine rings is 1. The third-order valence-electron chi connectivity index (χ3n) is 1.51. The van der Waals surface area contributed by atoms with E-state index in [2.05, 4.69) is 32.9 Å². The van der Waals surface area contributed by atoms with Gasteiger partial charge in [0.15, 0.2) is 0 Å². The maximum absolute atomic E-state index is 5.19. The van der Waals surface area contributed by atoms with Gasteiger partial charge in [0.1, 0.15) is 0 Å². The van der Waals surface area contributed by atoms with Gasteiger partial charge in [-0.1, -0.05) is 22.5 Å². The smallest absolute Gasteiger partial charge is 0.0608 e. The lowest BCUT2D eigenvalue weighted by molar-refractivity contribution is 0.0142. The second-order valence-corrected chi connectivity index (χ2v) is 3.57. The van der Waals surface area contributed by atoms with Crippen molar-refractivity contribution in [3.05, 3.63) is 11.1 Å². The van der Waals surface area contributed by atoms with Crippen LogP contribution >= 0.6 is 15.9 Å². The minimum Gasteiger partial charge on any atom is -0.379 e. The van der Waals surface area contributed by atoms with E-state index >= 15 is 0 Å². The van der Waals surface area contributed by atoms with Crippen LogP contribution in [0.4, 0.5) is 0 Å². The van der Waals surface area contributed by atoms with E-state index < -0.39 is 0 Å². The molecule has 4 heteroatoms. The first-order chi connectivity index (χ1) is 5.29. The molecule has 0 aromatic heterocycles. The van der Waals surface area contributed by atoms with Crippen LogP contribution in [0, 0.1) is 0 Å². The van der Waals surface area contributed by atoms with Crippen molar-refractivity contribution in [1.29, 1.82) is 0 Å². The molecule has 1 N–H and O–H groups in total. The van der Waals surface area contributed by atoms with Gasteiger partial charge in [0.25, 0.3) is 0 Å². The van der Waals surface area contributed by atoms with Crippen molar-refractivity contribution in [3.8, 4) is 0 Å². The number of nitrogens with one attached hydrogen (secondary N) is 1. The van der Waals surface area contributed by atoms with Crippen LogP contribution in [-0.2, 0) is 4.74 Å². The van der Waals surface area contributed by atoms with Crippen LogP contribution in [-0.4, -0.2) is 37.9 Å². The second-order valence-electron chi connectivity index (χ2n) is 2.45. The molecule has 1 rings (SSSR count). The average molecular weight is 221 g/mol. The summed E-state index contributed by atoms with van der Waals surface area (Å²) < 4.78 is 6.17. The maximum Gasteiger partial charge on any atom is 0.0608 e. The van der Waals surface area contributed by atoms with Crippen molar-refractivity contribution in [1.82, 2.24) is 10.4 Å². The van der Waals surface area contributed by atoms with E-state index in [1.807, 2.05) is 0 Å². The van der Waals surface area contributed by atoms with E-state index in [9.17, 15) is 0 Å². The first kappa shape index (κ1) is 9.19. The Morgan fingerprint density at radius 2 is 2.18 bits per heavy atom. The molecule has 0 aliphatic carbocycles. The lowest BCUT2D eigenvalue weighted by Gasteiger charge is -2.26. The normalized spacial score (nSPS) is 20.1. The number of hydrogen-bond donors (Lipinski definition) is 1. The molecule has 1 aliphatic heterocycles. The van der Waals surface area contributed by atoms with Crippen LogP contribution in [0.1, 0.15) is 0 Å². The SMILES string of the molecule is C=C(Br)CNN1CCOCC1. The van der Waals surface area contributed by atoms with E-state index in [4.69, 9.17) is 4.74 Å². The Balaban J connectivity index is 2.09. The molecule has 0 radical (unpaired) electrons. The van der Waals surface area contributed by atoms with Crippen molar-refractivity contribution >= 4 is 15.9 Å². The number of ether oxygens (including phenoxy) is 1. The summed E-state index contributed by atoms with van der Waals surface area (Å²) in [5.74, 6) is 0. The molecular formula is C7H13BrN2O. The molecule has 0 bridgehead atoms. The molecule has 0 unspecified atom stereocenters. The summed E-state index contributed by atoms with van der Waals surface area (Å²) in [5.41, 5.74) is 3.23. The lowest BCUT2D eigenvalue weighted by atomic mass is 10.5. The summed E-state index contributed by atoms with van der Waals surface area (Å²) in [5, 5.41) is 2.15. The summed E-state index contributed by atoms with van der Waals surface area (Å²) in [7, 11) is 0. The highest BCUT2D eigenvalue weighted by atomic mass is 79.9. The fourth-order valence-electron chi connectivity index (χ4n) is 0.919. The third kappa shape index (κ3) is 3.86. The monoisotopic (exact) mass is 220 g/mol. The van der Waals surface area contributed by atoms with Gasteiger partial charge in [-0.3, -0.25) is 5.43 Å². The van der Waals surface area contributed by atoms with E-state index in [-0.39, 0.29) is 0 Å². The van der Waals surface area contributed by atoms with Crippen LogP contribution in [0.3, 0.4) is 0 Å². The molecule has 64 valence electrons. The van der Waals surface area contributed by atoms with Crippen LogP contribution in [0.2, 0.25) is 0 Å². The third-order valence-corrected chi connectivity index (χ3v) is 1.79. The zero-order valence-electron chi connectivity index (χ0n) is 6.48. The van der Waals surface area contributed by atoms with Crippen molar-refractivity contribution in [3.63, 3.8) is 0 Å². The van der Waals surface area contributed by atoms with Crippen molar-refractivity contribution in [2.75, 3.05) is 32.8 Å². The van der Waals surface area contributed by atoms with Crippen LogP contribution in [0.15, 0.2) is 11.1 Å². The van der Waals surface area contributed by atoms with Crippen LogP contribution in [0.25, 0.3) is 0 Å². The first-order valence-electron chi connectivity index (χ1n) is 3.68. The first-order valence-corrected chi connectivity index (χ1v) is 4.48. The number of rotatable bonds is 3. The van der Waals surface area contributed by atoms with Gasteiger partial charge in [-0.2, -0.15) is 0 Å². The summed E-state index contributed by atoms with van der Waals surface area (Å²) in [6.07, 6.45) is 0. The van der Waals surface area contributed by atoms with Gasteiger partial charge in [-0.25, -0.2) is 5.01 Å². The topological polar surface area (TPSA) is 24.5 Å². The molecule has 0 amide bonds. The van der Waals surface area contributed by atoms with Crippen molar-refractivity contribution in [2.24, 2.45) is 0 Å². The Morgan fingerprint density at radius 1 is 1.55 bits per heavy atom. The average Bonchev–Trinajstić information content (AvgIpc) is 2.03. The molecule has 0 saturated carbocycles. The summed E-state index contributed by atoms with van der Waals surface area (Å²) in [6.45, 7) is 8.09. The molecule has 0 spiro atoms. The molecular weight excluding hydrogens is 208 g/mol. The standard InChI is InChI=1S/C7H13BrN2O/c1-7(8)6-9-10-2-4-11-5-3-10/h9H,1-6H2. The Kier molecular flexibility index (Phi) is 4.07. The molecule has 11 heavy (non-hydrogen) atoms. The summed E-state index contributed by atoms with van der Waals surface area (Å²) in [4.78, 5) is 0. The largest absolute Gasteiger partial charge is 0.379 e. The summed E-state index contributed by atoms with van der Waals surface area (Å²) >= 11 is 3.29. The molecule has 0 aromatic rings. The van der Waals surface area contributed by atoms with E-state index in [0.29, 0.717) is 0 Å². The highest BCUT2D eigenvalue weighted by Gasteiger charge is 2.08. The lowest BCUT2D eigenvalue weighted by Crippen LogP contribution is -2.46. The van der Waals surface area contributed by atoms with Gasteiger partial charge in [0, 0.05) is 24.1 Å². The van der Waals surface area contributed by atoms with Crippen LogP contribution < -0.4 is 5.43 Å². The molecule has 1 heterocycles. The van der Waals surface area contributed by atoms with E-state index in [1.165, 1.54) is 0 Å². The predicted molar refractivity (Wildman–Crippen MR) is 48.5 cm³/mol. The highest BCUT2D eigenvalue weighted by molar-refractivity contribution is 9.11. The molecule has 3 nitrogen and oxygen atoms in total. The van der Waals surface area contributed by atoms with Crippen LogP contribution in [0.5, 0.6) is 0 Å². The number of hydrogen-bond acceptors (Lipinski definition) is 3. The molecule has 1 aliphatic rings. The Labute approximate surface area is 75.5 Å². The van der Waals surface area contributed by atoms with Gasteiger partial charge < -0.3 is 4.74 Å². The van der Waals surface area contributed by atoms with E-state index in [0.717, 1.165) is 37.3 Å². The number of hydrazine groups is 1. The zero-order valence-corrected chi connectivity index (χ0v) is 8.06. The summed E-state index contributed by atoms with van der Waals surface area (Å²) in [6, 6.07) is 0. The molecule has 1 fully saturated rings. The zero-order chi connectivity index (χ0) is 8.10. The molecule has 0 aromatic carbocycles. The van der Waals surface area contributed by atoms with Crippen molar-refractivity contribution < 1.29 is 4.74 Å². The van der Waals surface area contributed by atoms with Gasteiger partial charge in [-0.05, 0) is 0 Å². The predicted octanol–water partition coefficient (Wildman–Crippen LogP) is 0.732. The number of halogens is 1.